The standard InChI is InChI=1S/C21H23N5O3S/c1-13-4-5-17(27-2)20(6-13)30-25-21-16-8-18(28-3)15(7-19(16)29-24-21)12-26-11-14(9-22)10-23-26/h4-8,10-11H,9,12,22H2,1-3H3,(H,24,25). The monoisotopic (exact) mass is 425 g/mol. The van der Waals surface area contributed by atoms with Gasteiger partial charge >= 0.3 is 0 Å². The Morgan fingerprint density at radius 2 is 2.00 bits per heavy atom. The second-order valence-electron chi connectivity index (χ2n) is 6.80. The van der Waals surface area contributed by atoms with Gasteiger partial charge in [0, 0.05) is 23.9 Å². The molecule has 8 nitrogen and oxygen atoms in total. The quantitative estimate of drug-likeness (QED) is 0.409. The number of hydrogen-bond donors (Lipinski definition) is 2. The van der Waals surface area contributed by atoms with E-state index in [2.05, 4.69) is 21.0 Å². The molecule has 0 fully saturated rings. The fraction of sp³-hybridized carbons (Fsp3) is 0.238. The number of aryl methyl sites for hydroxylation is 1. The minimum Gasteiger partial charge on any atom is -0.496 e. The number of fused-ring (bicyclic) bond motifs is 1. The van der Waals surface area contributed by atoms with Crippen LogP contribution in [0.15, 0.2) is 52.1 Å². The molecule has 30 heavy (non-hydrogen) atoms. The maximum atomic E-state index is 5.67. The number of aromatic nitrogens is 3. The van der Waals surface area contributed by atoms with Gasteiger partial charge in [0.1, 0.15) is 11.5 Å². The van der Waals surface area contributed by atoms with Crippen LogP contribution in [0, 0.1) is 6.92 Å². The molecule has 4 aromatic rings. The lowest BCUT2D eigenvalue weighted by atomic mass is 10.1. The fourth-order valence-electron chi connectivity index (χ4n) is 3.13. The average Bonchev–Trinajstić information content (AvgIpc) is 3.38. The molecule has 0 amide bonds. The highest BCUT2D eigenvalue weighted by atomic mass is 32.2. The van der Waals surface area contributed by atoms with Crippen LogP contribution >= 0.6 is 11.9 Å². The molecule has 0 atom stereocenters. The summed E-state index contributed by atoms with van der Waals surface area (Å²) < 4.78 is 21.7. The van der Waals surface area contributed by atoms with Crippen LogP contribution in [0.1, 0.15) is 16.7 Å². The Bertz CT molecular complexity index is 1170. The first-order chi connectivity index (χ1) is 14.6. The second kappa shape index (κ2) is 8.68. The van der Waals surface area contributed by atoms with Crippen molar-refractivity contribution in [1.82, 2.24) is 14.9 Å². The van der Waals surface area contributed by atoms with Gasteiger partial charge in [-0.15, -0.1) is 0 Å². The number of ether oxygens (including phenoxy) is 2. The van der Waals surface area contributed by atoms with Crippen molar-refractivity contribution in [2.75, 3.05) is 18.9 Å². The van der Waals surface area contributed by atoms with E-state index in [9.17, 15) is 0 Å². The Hall–Kier alpha value is -3.17. The molecule has 0 saturated carbocycles. The van der Waals surface area contributed by atoms with Crippen molar-refractivity contribution < 1.29 is 14.0 Å². The zero-order valence-electron chi connectivity index (χ0n) is 17.0. The molecule has 0 radical (unpaired) electrons. The molecule has 2 aromatic heterocycles. The van der Waals surface area contributed by atoms with Crippen LogP contribution in [0.4, 0.5) is 5.82 Å². The molecule has 0 aliphatic carbocycles. The third-order valence-corrected chi connectivity index (χ3v) is 5.54. The number of benzene rings is 2. The van der Waals surface area contributed by atoms with E-state index in [0.29, 0.717) is 24.5 Å². The van der Waals surface area contributed by atoms with Crippen LogP contribution in [0.25, 0.3) is 11.0 Å². The molecular formula is C21H23N5O3S. The zero-order chi connectivity index (χ0) is 21.1. The highest BCUT2D eigenvalue weighted by Gasteiger charge is 2.15. The van der Waals surface area contributed by atoms with Crippen molar-refractivity contribution in [2.45, 2.75) is 24.9 Å². The van der Waals surface area contributed by atoms with Crippen molar-refractivity contribution in [1.29, 1.82) is 0 Å². The van der Waals surface area contributed by atoms with Crippen molar-refractivity contribution >= 4 is 28.7 Å². The van der Waals surface area contributed by atoms with E-state index >= 15 is 0 Å². The Morgan fingerprint density at radius 3 is 2.73 bits per heavy atom. The summed E-state index contributed by atoms with van der Waals surface area (Å²) in [6, 6.07) is 9.86. The Labute approximate surface area is 178 Å². The third-order valence-electron chi connectivity index (χ3n) is 4.70. The molecule has 3 N–H and O–H groups in total. The first-order valence-corrected chi connectivity index (χ1v) is 10.2. The number of nitrogens with two attached hydrogens (primary N) is 1. The van der Waals surface area contributed by atoms with Gasteiger partial charge in [0.25, 0.3) is 0 Å². The fourth-order valence-corrected chi connectivity index (χ4v) is 3.98. The van der Waals surface area contributed by atoms with E-state index in [1.807, 2.05) is 42.1 Å². The molecular weight excluding hydrogens is 402 g/mol. The maximum Gasteiger partial charge on any atom is 0.187 e. The third kappa shape index (κ3) is 4.07. The summed E-state index contributed by atoms with van der Waals surface area (Å²) >= 11 is 1.42. The molecule has 0 aliphatic rings. The number of rotatable bonds is 8. The lowest BCUT2D eigenvalue weighted by molar-refractivity contribution is 0.404. The minimum absolute atomic E-state index is 0.455. The van der Waals surface area contributed by atoms with E-state index in [1.54, 1.807) is 20.4 Å². The largest absolute Gasteiger partial charge is 0.496 e. The summed E-state index contributed by atoms with van der Waals surface area (Å²) in [5, 5.41) is 9.36. The van der Waals surface area contributed by atoms with Gasteiger partial charge in [0.2, 0.25) is 0 Å². The van der Waals surface area contributed by atoms with E-state index in [4.69, 9.17) is 19.7 Å². The van der Waals surface area contributed by atoms with Gasteiger partial charge in [0.15, 0.2) is 11.4 Å². The lowest BCUT2D eigenvalue weighted by Crippen LogP contribution is -2.02. The zero-order valence-corrected chi connectivity index (χ0v) is 17.8. The first kappa shape index (κ1) is 20.1. The first-order valence-electron chi connectivity index (χ1n) is 9.36. The van der Waals surface area contributed by atoms with Gasteiger partial charge in [-0.3, -0.25) is 4.68 Å². The van der Waals surface area contributed by atoms with Crippen LogP contribution in [0.2, 0.25) is 0 Å². The van der Waals surface area contributed by atoms with Gasteiger partial charge in [-0.25, -0.2) is 0 Å². The maximum absolute atomic E-state index is 5.67. The molecule has 4 rings (SSSR count). The second-order valence-corrected chi connectivity index (χ2v) is 7.65. The van der Waals surface area contributed by atoms with E-state index in [-0.39, 0.29) is 0 Å². The summed E-state index contributed by atoms with van der Waals surface area (Å²) in [6.45, 7) is 3.03. The molecule has 0 saturated heterocycles. The molecule has 9 heteroatoms. The van der Waals surface area contributed by atoms with Gasteiger partial charge < -0.3 is 24.5 Å². The van der Waals surface area contributed by atoms with Gasteiger partial charge in [-0.2, -0.15) is 5.10 Å². The summed E-state index contributed by atoms with van der Waals surface area (Å²) in [6.07, 6.45) is 3.68. The average molecular weight is 426 g/mol. The molecule has 0 unspecified atom stereocenters. The normalized spacial score (nSPS) is 11.1. The van der Waals surface area contributed by atoms with Crippen LogP contribution in [-0.2, 0) is 13.1 Å². The predicted molar refractivity (Wildman–Crippen MR) is 117 cm³/mol. The van der Waals surface area contributed by atoms with Crippen LogP contribution < -0.4 is 19.9 Å². The predicted octanol–water partition coefficient (Wildman–Crippen LogP) is 3.98. The van der Waals surface area contributed by atoms with Crippen LogP contribution in [-0.4, -0.2) is 29.2 Å². The molecule has 0 bridgehead atoms. The van der Waals surface area contributed by atoms with Crippen LogP contribution in [0.3, 0.4) is 0 Å². The number of anilines is 1. The summed E-state index contributed by atoms with van der Waals surface area (Å²) in [5.41, 5.74) is 9.39. The van der Waals surface area contributed by atoms with E-state index < -0.39 is 0 Å². The van der Waals surface area contributed by atoms with Gasteiger partial charge in [-0.05, 0) is 48.7 Å². The van der Waals surface area contributed by atoms with Crippen molar-refractivity contribution in [3.63, 3.8) is 0 Å². The Morgan fingerprint density at radius 1 is 1.17 bits per heavy atom. The van der Waals surface area contributed by atoms with E-state index in [1.165, 1.54) is 11.9 Å². The minimum atomic E-state index is 0.455. The number of nitrogens with one attached hydrogen (secondary N) is 1. The number of nitrogens with zero attached hydrogens (tertiary/aromatic N) is 3. The number of hydrogen-bond acceptors (Lipinski definition) is 8. The highest BCUT2D eigenvalue weighted by molar-refractivity contribution is 8.00. The number of methoxy groups -OCH3 is 2. The van der Waals surface area contributed by atoms with Crippen molar-refractivity contribution in [2.24, 2.45) is 5.73 Å². The smallest absolute Gasteiger partial charge is 0.187 e. The van der Waals surface area contributed by atoms with Crippen molar-refractivity contribution in [3.8, 4) is 11.5 Å². The molecule has 0 aliphatic heterocycles. The van der Waals surface area contributed by atoms with Gasteiger partial charge in [0.05, 0.1) is 37.2 Å². The summed E-state index contributed by atoms with van der Waals surface area (Å²) in [7, 11) is 3.30. The Kier molecular flexibility index (Phi) is 5.82. The van der Waals surface area contributed by atoms with Gasteiger partial charge in [-0.1, -0.05) is 11.2 Å². The molecule has 0 spiro atoms. The Balaban J connectivity index is 1.59. The molecule has 156 valence electrons. The SMILES string of the molecule is COc1cc2c(NSc3cc(C)ccc3OC)noc2cc1Cn1cc(CN)cn1. The highest BCUT2D eigenvalue weighted by Crippen LogP contribution is 2.35. The molecule has 2 heterocycles. The lowest BCUT2D eigenvalue weighted by Gasteiger charge is -2.10. The van der Waals surface area contributed by atoms with E-state index in [0.717, 1.165) is 38.5 Å². The van der Waals surface area contributed by atoms with Crippen molar-refractivity contribution in [3.05, 3.63) is 59.4 Å². The van der Waals surface area contributed by atoms with Crippen LogP contribution in [0.5, 0.6) is 11.5 Å². The topological polar surface area (TPSA) is 100 Å². The summed E-state index contributed by atoms with van der Waals surface area (Å²) in [5.74, 6) is 2.14. The molecule has 2 aromatic carbocycles. The summed E-state index contributed by atoms with van der Waals surface area (Å²) in [4.78, 5) is 0.964.